The fourth-order valence-corrected chi connectivity index (χ4v) is 4.17. The zero-order chi connectivity index (χ0) is 23.1. The van der Waals surface area contributed by atoms with E-state index < -0.39 is 16.0 Å². The molecule has 0 heterocycles. The molecule has 0 aliphatic heterocycles. The molecule has 3 aromatic rings. The zero-order valence-electron chi connectivity index (χ0n) is 18.6. The smallest absolute Gasteiger partial charge is 0.306 e. The maximum Gasteiger partial charge on any atom is 0.306 e. The second-order valence-corrected chi connectivity index (χ2v) is 9.88. The van der Waals surface area contributed by atoms with Gasteiger partial charge < -0.3 is 9.08 Å². The minimum absolute atomic E-state index is 0.00512. The molecule has 168 valence electrons. The highest BCUT2D eigenvalue weighted by molar-refractivity contribution is 7.86. The highest BCUT2D eigenvalue weighted by Gasteiger charge is 2.28. The maximum absolute atomic E-state index is 13.9. The average Bonchev–Trinajstić information content (AvgIpc) is 2.74. The van der Waals surface area contributed by atoms with Gasteiger partial charge in [-0.3, -0.25) is 4.79 Å². The third-order valence-electron chi connectivity index (χ3n) is 4.93. The van der Waals surface area contributed by atoms with Crippen molar-refractivity contribution in [3.63, 3.8) is 0 Å². The van der Waals surface area contributed by atoms with Gasteiger partial charge in [0.1, 0.15) is 5.75 Å². The Bertz CT molecular complexity index is 1090. The van der Waals surface area contributed by atoms with E-state index in [1.165, 1.54) is 0 Å². The second-order valence-electron chi connectivity index (χ2n) is 8.30. The molecular formula is C26H29NO4S. The predicted octanol–water partition coefficient (Wildman–Crippen LogP) is 4.84. The quantitative estimate of drug-likeness (QED) is 0.437. The number of amides is 1. The van der Waals surface area contributed by atoms with Crippen molar-refractivity contribution >= 4 is 16.0 Å². The standard InChI is InChI=1S/C26H29NO4S/c1-20(2)18-27(19-21-11-10-16-24(17-21)31-32(3,29)30)26(28)25(22-12-6-4-7-13-22)23-14-8-5-9-15-23/h4-17,20,25H,18-19H2,1-3H3. The molecule has 3 rings (SSSR count). The molecule has 0 atom stereocenters. The highest BCUT2D eigenvalue weighted by Crippen LogP contribution is 2.28. The summed E-state index contributed by atoms with van der Waals surface area (Å²) in [7, 11) is -3.62. The number of carbonyl (C=O) groups is 1. The number of hydrogen-bond acceptors (Lipinski definition) is 4. The first-order valence-corrected chi connectivity index (χ1v) is 12.4. The third-order valence-corrected chi connectivity index (χ3v) is 5.42. The molecule has 5 nitrogen and oxygen atoms in total. The van der Waals surface area contributed by atoms with E-state index in [0.29, 0.717) is 13.1 Å². The summed E-state index contributed by atoms with van der Waals surface area (Å²) in [6.07, 6.45) is 1.01. The summed E-state index contributed by atoms with van der Waals surface area (Å²) in [6, 6.07) is 26.4. The van der Waals surface area contributed by atoms with Crippen LogP contribution in [0.2, 0.25) is 0 Å². The molecule has 6 heteroatoms. The Labute approximate surface area is 190 Å². The number of carbonyl (C=O) groups excluding carboxylic acids is 1. The van der Waals surface area contributed by atoms with Crippen LogP contribution in [0.25, 0.3) is 0 Å². The summed E-state index contributed by atoms with van der Waals surface area (Å²) in [6.45, 7) is 5.08. The molecule has 32 heavy (non-hydrogen) atoms. The highest BCUT2D eigenvalue weighted by atomic mass is 32.2. The lowest BCUT2D eigenvalue weighted by Gasteiger charge is -2.29. The number of nitrogens with zero attached hydrogens (tertiary/aromatic N) is 1. The number of benzene rings is 3. The van der Waals surface area contributed by atoms with E-state index in [9.17, 15) is 13.2 Å². The molecule has 0 aliphatic rings. The van der Waals surface area contributed by atoms with Gasteiger partial charge in [-0.2, -0.15) is 8.42 Å². The lowest BCUT2D eigenvalue weighted by molar-refractivity contribution is -0.133. The molecule has 0 unspecified atom stereocenters. The van der Waals surface area contributed by atoms with Gasteiger partial charge in [0.15, 0.2) is 0 Å². The zero-order valence-corrected chi connectivity index (χ0v) is 19.5. The van der Waals surface area contributed by atoms with E-state index in [-0.39, 0.29) is 17.6 Å². The van der Waals surface area contributed by atoms with Gasteiger partial charge >= 0.3 is 10.1 Å². The third kappa shape index (κ3) is 6.69. The number of hydrogen-bond donors (Lipinski definition) is 0. The van der Waals surface area contributed by atoms with Crippen LogP contribution in [0.15, 0.2) is 84.9 Å². The van der Waals surface area contributed by atoms with E-state index in [4.69, 9.17) is 4.18 Å². The fourth-order valence-electron chi connectivity index (χ4n) is 3.72. The molecule has 0 N–H and O–H groups in total. The largest absolute Gasteiger partial charge is 0.383 e. The molecule has 0 fully saturated rings. The molecule has 3 aromatic carbocycles. The molecule has 1 amide bonds. The monoisotopic (exact) mass is 451 g/mol. The molecule has 0 radical (unpaired) electrons. The van der Waals surface area contributed by atoms with Gasteiger partial charge in [0, 0.05) is 13.1 Å². The van der Waals surface area contributed by atoms with Gasteiger partial charge in [-0.1, -0.05) is 86.6 Å². The van der Waals surface area contributed by atoms with Crippen molar-refractivity contribution in [3.8, 4) is 5.75 Å². The van der Waals surface area contributed by atoms with Crippen molar-refractivity contribution in [2.24, 2.45) is 5.92 Å². The molecule has 0 bridgehead atoms. The molecule has 0 aromatic heterocycles. The van der Waals surface area contributed by atoms with Crippen LogP contribution in [0.1, 0.15) is 36.5 Å². The molecular weight excluding hydrogens is 422 g/mol. The van der Waals surface area contributed by atoms with Crippen molar-refractivity contribution in [2.45, 2.75) is 26.3 Å². The van der Waals surface area contributed by atoms with Crippen LogP contribution in [-0.4, -0.2) is 32.0 Å². The number of rotatable bonds is 9. The lowest BCUT2D eigenvalue weighted by atomic mass is 9.89. The van der Waals surface area contributed by atoms with Crippen LogP contribution in [0.4, 0.5) is 0 Å². The van der Waals surface area contributed by atoms with Gasteiger partial charge in [-0.25, -0.2) is 0 Å². The van der Waals surface area contributed by atoms with Crippen molar-refractivity contribution in [2.75, 3.05) is 12.8 Å². The van der Waals surface area contributed by atoms with E-state index in [1.807, 2.05) is 71.6 Å². The Morgan fingerprint density at radius 2 is 1.44 bits per heavy atom. The molecule has 0 saturated heterocycles. The Balaban J connectivity index is 1.95. The van der Waals surface area contributed by atoms with Crippen LogP contribution in [-0.2, 0) is 21.5 Å². The van der Waals surface area contributed by atoms with E-state index >= 15 is 0 Å². The van der Waals surface area contributed by atoms with Gasteiger partial charge in [0.25, 0.3) is 0 Å². The summed E-state index contributed by atoms with van der Waals surface area (Å²) in [5.74, 6) is 0.0864. The first-order chi connectivity index (χ1) is 15.2. The molecule has 0 spiro atoms. The van der Waals surface area contributed by atoms with E-state index in [0.717, 1.165) is 22.9 Å². The first kappa shape index (κ1) is 23.5. The topological polar surface area (TPSA) is 63.7 Å². The van der Waals surface area contributed by atoms with Crippen LogP contribution in [0.3, 0.4) is 0 Å². The van der Waals surface area contributed by atoms with Gasteiger partial charge in [-0.15, -0.1) is 0 Å². The summed E-state index contributed by atoms with van der Waals surface area (Å²) in [5, 5.41) is 0. The minimum atomic E-state index is -3.62. The fraction of sp³-hybridized carbons (Fsp3) is 0.269. The van der Waals surface area contributed by atoms with Crippen molar-refractivity contribution in [3.05, 3.63) is 102 Å². The summed E-state index contributed by atoms with van der Waals surface area (Å²) in [4.78, 5) is 15.7. The van der Waals surface area contributed by atoms with Crippen LogP contribution in [0, 0.1) is 5.92 Å². The van der Waals surface area contributed by atoms with E-state index in [2.05, 4.69) is 13.8 Å². The first-order valence-electron chi connectivity index (χ1n) is 10.6. The van der Waals surface area contributed by atoms with Crippen molar-refractivity contribution in [1.82, 2.24) is 4.90 Å². The van der Waals surface area contributed by atoms with Gasteiger partial charge in [0.2, 0.25) is 5.91 Å². The average molecular weight is 452 g/mol. The van der Waals surface area contributed by atoms with E-state index in [1.54, 1.807) is 18.2 Å². The Morgan fingerprint density at radius 1 is 0.875 bits per heavy atom. The Morgan fingerprint density at radius 3 is 1.94 bits per heavy atom. The predicted molar refractivity (Wildman–Crippen MR) is 127 cm³/mol. The Hall–Kier alpha value is -3.12. The molecule has 0 aliphatic carbocycles. The van der Waals surface area contributed by atoms with Crippen LogP contribution >= 0.6 is 0 Å². The van der Waals surface area contributed by atoms with Gasteiger partial charge in [-0.05, 0) is 34.7 Å². The summed E-state index contributed by atoms with van der Waals surface area (Å²) < 4.78 is 28.0. The summed E-state index contributed by atoms with van der Waals surface area (Å²) >= 11 is 0. The van der Waals surface area contributed by atoms with Crippen molar-refractivity contribution < 1.29 is 17.4 Å². The SMILES string of the molecule is CC(C)CN(Cc1cccc(OS(C)(=O)=O)c1)C(=O)C(c1ccccc1)c1ccccc1. The second kappa shape index (κ2) is 10.5. The Kier molecular flexibility index (Phi) is 7.70. The lowest BCUT2D eigenvalue weighted by Crippen LogP contribution is -2.37. The van der Waals surface area contributed by atoms with Gasteiger partial charge in [0.05, 0.1) is 12.2 Å². The van der Waals surface area contributed by atoms with Crippen LogP contribution < -0.4 is 4.18 Å². The normalized spacial score (nSPS) is 11.5. The van der Waals surface area contributed by atoms with Crippen LogP contribution in [0.5, 0.6) is 5.75 Å². The minimum Gasteiger partial charge on any atom is -0.383 e. The summed E-state index contributed by atoms with van der Waals surface area (Å²) in [5.41, 5.74) is 2.68. The maximum atomic E-state index is 13.9. The molecule has 0 saturated carbocycles. The van der Waals surface area contributed by atoms with Crippen molar-refractivity contribution in [1.29, 1.82) is 0 Å².